The van der Waals surface area contributed by atoms with Gasteiger partial charge in [-0.2, -0.15) is 0 Å². The molecule has 0 aromatic heterocycles. The molecule has 16 heavy (non-hydrogen) atoms. The molecule has 0 radical (unpaired) electrons. The van der Waals surface area contributed by atoms with Gasteiger partial charge in [-0.05, 0) is 45.2 Å². The van der Waals surface area contributed by atoms with Crippen molar-refractivity contribution >= 4 is 0 Å². The third-order valence-electron chi connectivity index (χ3n) is 4.82. The van der Waals surface area contributed by atoms with Gasteiger partial charge in [-0.3, -0.25) is 4.90 Å². The first-order valence-corrected chi connectivity index (χ1v) is 7.29. The lowest BCUT2D eigenvalue weighted by atomic mass is 9.92. The molecule has 1 aliphatic carbocycles. The van der Waals surface area contributed by atoms with Crippen LogP contribution in [0.1, 0.15) is 58.8 Å². The van der Waals surface area contributed by atoms with Crippen molar-refractivity contribution in [2.75, 3.05) is 19.6 Å². The molecule has 1 saturated carbocycles. The van der Waals surface area contributed by atoms with E-state index in [2.05, 4.69) is 24.1 Å². The highest BCUT2D eigenvalue weighted by atomic mass is 15.2. The summed E-state index contributed by atoms with van der Waals surface area (Å²) in [7, 11) is 0. The summed E-state index contributed by atoms with van der Waals surface area (Å²) in [4.78, 5) is 2.79. The van der Waals surface area contributed by atoms with E-state index in [1.807, 2.05) is 0 Å². The van der Waals surface area contributed by atoms with Crippen LogP contribution in [0.25, 0.3) is 0 Å². The summed E-state index contributed by atoms with van der Waals surface area (Å²) in [5.41, 5.74) is 0.402. The summed E-state index contributed by atoms with van der Waals surface area (Å²) in [6, 6.07) is 0.900. The molecular weight excluding hydrogens is 196 g/mol. The van der Waals surface area contributed by atoms with Crippen molar-refractivity contribution in [2.45, 2.75) is 70.4 Å². The molecular formula is C14H28N2. The fraction of sp³-hybridized carbons (Fsp3) is 1.00. The fourth-order valence-corrected chi connectivity index (χ4v) is 3.46. The molecule has 0 unspecified atom stereocenters. The molecule has 1 N–H and O–H groups in total. The highest BCUT2D eigenvalue weighted by Crippen LogP contribution is 2.28. The van der Waals surface area contributed by atoms with Gasteiger partial charge in [-0.1, -0.05) is 26.7 Å². The number of nitrogens with one attached hydrogen (secondary N) is 1. The lowest BCUT2D eigenvalue weighted by molar-refractivity contribution is 0.150. The van der Waals surface area contributed by atoms with Gasteiger partial charge in [0.15, 0.2) is 0 Å². The molecule has 2 aliphatic rings. The smallest absolute Gasteiger partial charge is 0.0303 e. The molecule has 0 aromatic rings. The Morgan fingerprint density at radius 2 is 1.81 bits per heavy atom. The fourth-order valence-electron chi connectivity index (χ4n) is 3.46. The number of rotatable bonds is 3. The van der Waals surface area contributed by atoms with Gasteiger partial charge in [-0.15, -0.1) is 0 Å². The summed E-state index contributed by atoms with van der Waals surface area (Å²) in [5.74, 6) is 0. The Kier molecular flexibility index (Phi) is 4.26. The Hall–Kier alpha value is -0.0800. The van der Waals surface area contributed by atoms with Crippen LogP contribution in [-0.4, -0.2) is 36.1 Å². The standard InChI is InChI=1S/C14H28N2/c1-3-14(4-2)12-16(11-7-10-15-14)13-8-5-6-9-13/h13,15H,3-12H2,1-2H3. The lowest BCUT2D eigenvalue weighted by Crippen LogP contribution is -2.52. The van der Waals surface area contributed by atoms with E-state index >= 15 is 0 Å². The van der Waals surface area contributed by atoms with E-state index in [1.165, 1.54) is 64.6 Å². The van der Waals surface area contributed by atoms with Crippen molar-refractivity contribution in [2.24, 2.45) is 0 Å². The first-order valence-electron chi connectivity index (χ1n) is 7.29. The van der Waals surface area contributed by atoms with Gasteiger partial charge in [0.05, 0.1) is 0 Å². The lowest BCUT2D eigenvalue weighted by Gasteiger charge is -2.38. The normalized spacial score (nSPS) is 28.1. The van der Waals surface area contributed by atoms with Crippen LogP contribution < -0.4 is 5.32 Å². The van der Waals surface area contributed by atoms with Crippen molar-refractivity contribution in [3.05, 3.63) is 0 Å². The maximum Gasteiger partial charge on any atom is 0.0303 e. The first-order chi connectivity index (χ1) is 7.79. The van der Waals surface area contributed by atoms with Crippen LogP contribution >= 0.6 is 0 Å². The second-order valence-electron chi connectivity index (χ2n) is 5.68. The quantitative estimate of drug-likeness (QED) is 0.793. The Morgan fingerprint density at radius 3 is 2.44 bits per heavy atom. The van der Waals surface area contributed by atoms with E-state index in [4.69, 9.17) is 0 Å². The zero-order chi connectivity index (χ0) is 11.4. The summed E-state index contributed by atoms with van der Waals surface area (Å²) in [6.45, 7) is 8.50. The molecule has 0 aromatic carbocycles. The van der Waals surface area contributed by atoms with E-state index < -0.39 is 0 Å². The van der Waals surface area contributed by atoms with Gasteiger partial charge in [0.1, 0.15) is 0 Å². The molecule has 2 rings (SSSR count). The van der Waals surface area contributed by atoms with E-state index in [1.54, 1.807) is 0 Å². The molecule has 94 valence electrons. The van der Waals surface area contributed by atoms with Crippen molar-refractivity contribution < 1.29 is 0 Å². The molecule has 2 nitrogen and oxygen atoms in total. The van der Waals surface area contributed by atoms with E-state index in [9.17, 15) is 0 Å². The third-order valence-corrected chi connectivity index (χ3v) is 4.82. The second-order valence-corrected chi connectivity index (χ2v) is 5.68. The molecule has 1 heterocycles. The van der Waals surface area contributed by atoms with Crippen LogP contribution in [-0.2, 0) is 0 Å². The maximum absolute atomic E-state index is 3.81. The van der Waals surface area contributed by atoms with Gasteiger partial charge in [0.2, 0.25) is 0 Å². The Morgan fingerprint density at radius 1 is 1.12 bits per heavy atom. The van der Waals surface area contributed by atoms with Crippen LogP contribution in [0.2, 0.25) is 0 Å². The highest BCUT2D eigenvalue weighted by molar-refractivity contribution is 4.93. The SMILES string of the molecule is CCC1(CC)CN(C2CCCC2)CCCN1. The van der Waals surface area contributed by atoms with E-state index in [0.29, 0.717) is 5.54 Å². The average molecular weight is 224 g/mol. The molecule has 2 fully saturated rings. The second kappa shape index (κ2) is 5.50. The Balaban J connectivity index is 2.01. The minimum absolute atomic E-state index is 0.402. The van der Waals surface area contributed by atoms with Gasteiger partial charge in [0.25, 0.3) is 0 Å². The van der Waals surface area contributed by atoms with Crippen LogP contribution in [0.3, 0.4) is 0 Å². The largest absolute Gasteiger partial charge is 0.310 e. The maximum atomic E-state index is 3.81. The molecule has 1 aliphatic heterocycles. The number of hydrogen-bond acceptors (Lipinski definition) is 2. The van der Waals surface area contributed by atoms with Crippen LogP contribution in [0.4, 0.5) is 0 Å². The van der Waals surface area contributed by atoms with Gasteiger partial charge < -0.3 is 5.32 Å². The van der Waals surface area contributed by atoms with E-state index in [-0.39, 0.29) is 0 Å². The van der Waals surface area contributed by atoms with Gasteiger partial charge in [0, 0.05) is 18.1 Å². The highest BCUT2D eigenvalue weighted by Gasteiger charge is 2.33. The summed E-state index contributed by atoms with van der Waals surface area (Å²) < 4.78 is 0. The average Bonchev–Trinajstić information content (AvgIpc) is 2.76. The number of hydrogen-bond donors (Lipinski definition) is 1. The van der Waals surface area contributed by atoms with Crippen LogP contribution in [0.5, 0.6) is 0 Å². The molecule has 0 spiro atoms. The van der Waals surface area contributed by atoms with Crippen molar-refractivity contribution in [3.8, 4) is 0 Å². The Labute approximate surface area is 101 Å². The molecule has 0 atom stereocenters. The third kappa shape index (κ3) is 2.60. The zero-order valence-electron chi connectivity index (χ0n) is 11.1. The predicted octanol–water partition coefficient (Wildman–Crippen LogP) is 2.78. The van der Waals surface area contributed by atoms with Crippen LogP contribution in [0.15, 0.2) is 0 Å². The molecule has 2 heteroatoms. The summed E-state index contributed by atoms with van der Waals surface area (Å²) in [5, 5.41) is 3.81. The Bertz CT molecular complexity index is 205. The summed E-state index contributed by atoms with van der Waals surface area (Å²) in [6.07, 6.45) is 9.68. The monoisotopic (exact) mass is 224 g/mol. The van der Waals surface area contributed by atoms with Crippen molar-refractivity contribution in [3.63, 3.8) is 0 Å². The summed E-state index contributed by atoms with van der Waals surface area (Å²) >= 11 is 0. The zero-order valence-corrected chi connectivity index (χ0v) is 11.1. The van der Waals surface area contributed by atoms with Gasteiger partial charge >= 0.3 is 0 Å². The van der Waals surface area contributed by atoms with E-state index in [0.717, 1.165) is 6.04 Å². The van der Waals surface area contributed by atoms with Gasteiger partial charge in [-0.25, -0.2) is 0 Å². The molecule has 1 saturated heterocycles. The number of nitrogens with zero attached hydrogens (tertiary/aromatic N) is 1. The topological polar surface area (TPSA) is 15.3 Å². The predicted molar refractivity (Wildman–Crippen MR) is 69.8 cm³/mol. The first kappa shape index (κ1) is 12.4. The molecule has 0 amide bonds. The molecule has 0 bridgehead atoms. The van der Waals surface area contributed by atoms with Crippen molar-refractivity contribution in [1.82, 2.24) is 10.2 Å². The minimum atomic E-state index is 0.402. The van der Waals surface area contributed by atoms with Crippen LogP contribution in [0, 0.1) is 0 Å². The minimum Gasteiger partial charge on any atom is -0.310 e. The van der Waals surface area contributed by atoms with Crippen molar-refractivity contribution in [1.29, 1.82) is 0 Å².